The normalized spacial score (nSPS) is 14.3. The molecule has 0 radical (unpaired) electrons. The van der Waals surface area contributed by atoms with Crippen molar-refractivity contribution in [3.05, 3.63) is 35.8 Å². The largest absolute Gasteiger partial charge is 0.409 e. The summed E-state index contributed by atoms with van der Waals surface area (Å²) >= 11 is 0. The first kappa shape index (κ1) is 10.9. The lowest BCUT2D eigenvalue weighted by molar-refractivity contribution is -0.150. The van der Waals surface area contributed by atoms with E-state index in [1.165, 1.54) is 4.40 Å². The summed E-state index contributed by atoms with van der Waals surface area (Å²) in [6.07, 6.45) is -1.76. The third kappa shape index (κ3) is 1.76. The van der Waals surface area contributed by atoms with Gasteiger partial charge in [0.05, 0.1) is 11.9 Å². The van der Waals surface area contributed by atoms with E-state index in [9.17, 15) is 13.2 Å². The number of aromatic nitrogens is 2. The fourth-order valence-corrected chi connectivity index (χ4v) is 1.50. The van der Waals surface area contributed by atoms with Gasteiger partial charge in [0.2, 0.25) is 0 Å². The molecule has 2 aromatic heterocycles. The molecule has 2 N–H and O–H groups in total. The molecule has 0 spiro atoms. The summed E-state index contributed by atoms with van der Waals surface area (Å²) in [6.45, 7) is 1.85. The summed E-state index contributed by atoms with van der Waals surface area (Å²) in [4.78, 5) is 3.90. The zero-order valence-corrected chi connectivity index (χ0v) is 8.49. The average molecular weight is 229 g/mol. The van der Waals surface area contributed by atoms with Crippen LogP contribution in [0.5, 0.6) is 0 Å². The Morgan fingerprint density at radius 1 is 1.44 bits per heavy atom. The summed E-state index contributed by atoms with van der Waals surface area (Å²) in [5.74, 6) is 0. The minimum absolute atomic E-state index is 0.0532. The molecule has 3 nitrogen and oxygen atoms in total. The zero-order valence-electron chi connectivity index (χ0n) is 8.49. The Labute approximate surface area is 89.7 Å². The smallest absolute Gasteiger partial charge is 0.315 e. The monoisotopic (exact) mass is 229 g/mol. The summed E-state index contributed by atoms with van der Waals surface area (Å²) in [6, 6.07) is 1.40. The molecule has 0 saturated heterocycles. The van der Waals surface area contributed by atoms with Gasteiger partial charge < -0.3 is 10.1 Å². The van der Waals surface area contributed by atoms with Crippen molar-refractivity contribution in [1.29, 1.82) is 0 Å². The Balaban J connectivity index is 2.54. The fourth-order valence-electron chi connectivity index (χ4n) is 1.50. The number of pyridine rings is 1. The number of aryl methyl sites for hydroxylation is 1. The maximum Gasteiger partial charge on any atom is 0.409 e. The van der Waals surface area contributed by atoms with Gasteiger partial charge in [0, 0.05) is 6.20 Å². The Hall–Kier alpha value is -1.56. The van der Waals surface area contributed by atoms with E-state index in [0.717, 1.165) is 11.8 Å². The first-order valence-electron chi connectivity index (χ1n) is 4.65. The van der Waals surface area contributed by atoms with Gasteiger partial charge in [-0.05, 0) is 24.6 Å². The molecular weight excluding hydrogens is 219 g/mol. The van der Waals surface area contributed by atoms with Crippen LogP contribution in [0.1, 0.15) is 17.3 Å². The molecule has 2 heterocycles. The summed E-state index contributed by atoms with van der Waals surface area (Å²) in [7, 11) is 0. The summed E-state index contributed by atoms with van der Waals surface area (Å²) in [5, 5.41) is 0. The van der Waals surface area contributed by atoms with Crippen molar-refractivity contribution in [2.75, 3.05) is 0 Å². The second-order valence-electron chi connectivity index (χ2n) is 3.63. The Morgan fingerprint density at radius 3 is 2.75 bits per heavy atom. The highest BCUT2D eigenvalue weighted by Crippen LogP contribution is 2.30. The highest BCUT2D eigenvalue weighted by Gasteiger charge is 2.39. The zero-order chi connectivity index (χ0) is 11.9. The number of nitrogens with two attached hydrogens (primary N) is 1. The van der Waals surface area contributed by atoms with Gasteiger partial charge in [0.25, 0.3) is 0 Å². The van der Waals surface area contributed by atoms with Crippen molar-refractivity contribution in [2.45, 2.75) is 19.1 Å². The average Bonchev–Trinajstić information content (AvgIpc) is 2.57. The van der Waals surface area contributed by atoms with E-state index in [0.29, 0.717) is 5.65 Å². The van der Waals surface area contributed by atoms with Crippen LogP contribution in [0.15, 0.2) is 24.5 Å². The van der Waals surface area contributed by atoms with Gasteiger partial charge in [-0.25, -0.2) is 4.98 Å². The number of hydrogen-bond donors (Lipinski definition) is 1. The third-order valence-corrected chi connectivity index (χ3v) is 2.37. The van der Waals surface area contributed by atoms with Crippen molar-refractivity contribution in [3.8, 4) is 0 Å². The Kier molecular flexibility index (Phi) is 2.38. The molecule has 0 aliphatic heterocycles. The van der Waals surface area contributed by atoms with Crippen LogP contribution >= 0.6 is 0 Å². The molecule has 0 saturated carbocycles. The fraction of sp³-hybridized carbons (Fsp3) is 0.300. The molecule has 86 valence electrons. The molecule has 16 heavy (non-hydrogen) atoms. The number of nitrogens with zero attached hydrogens (tertiary/aromatic N) is 2. The standard InChI is InChI=1S/C10H10F3N3/c1-6-2-3-16-7(5-15-8(16)4-6)9(14)10(11,12)13/h2-5,9H,14H2,1H3. The lowest BCUT2D eigenvalue weighted by Gasteiger charge is -2.14. The van der Waals surface area contributed by atoms with E-state index in [4.69, 9.17) is 5.73 Å². The van der Waals surface area contributed by atoms with Crippen LogP contribution in [0.25, 0.3) is 5.65 Å². The number of hydrogen-bond acceptors (Lipinski definition) is 2. The van der Waals surface area contributed by atoms with Gasteiger partial charge in [0.1, 0.15) is 11.7 Å². The molecule has 0 aromatic carbocycles. The number of halogens is 3. The molecule has 6 heteroatoms. The molecule has 2 rings (SSSR count). The molecule has 0 fully saturated rings. The summed E-state index contributed by atoms with van der Waals surface area (Å²) < 4.78 is 38.7. The second kappa shape index (κ2) is 3.48. The van der Waals surface area contributed by atoms with Crippen molar-refractivity contribution in [2.24, 2.45) is 5.73 Å². The molecular formula is C10H10F3N3. The van der Waals surface area contributed by atoms with Crippen molar-refractivity contribution >= 4 is 5.65 Å². The highest BCUT2D eigenvalue weighted by molar-refractivity contribution is 5.43. The van der Waals surface area contributed by atoms with E-state index in [2.05, 4.69) is 4.98 Å². The maximum atomic E-state index is 12.5. The van der Waals surface area contributed by atoms with Gasteiger partial charge in [-0.3, -0.25) is 0 Å². The minimum Gasteiger partial charge on any atom is -0.315 e. The van der Waals surface area contributed by atoms with Crippen LogP contribution < -0.4 is 5.73 Å². The molecule has 0 aliphatic carbocycles. The predicted octanol–water partition coefficient (Wildman–Crippen LogP) is 2.20. The van der Waals surface area contributed by atoms with Gasteiger partial charge in [-0.1, -0.05) is 0 Å². The second-order valence-corrected chi connectivity index (χ2v) is 3.63. The van der Waals surface area contributed by atoms with E-state index < -0.39 is 12.2 Å². The maximum absolute atomic E-state index is 12.5. The van der Waals surface area contributed by atoms with Crippen molar-refractivity contribution in [1.82, 2.24) is 9.38 Å². The van der Waals surface area contributed by atoms with Crippen molar-refractivity contribution in [3.63, 3.8) is 0 Å². The van der Waals surface area contributed by atoms with Crippen LogP contribution in [-0.4, -0.2) is 15.6 Å². The lowest BCUT2D eigenvalue weighted by Crippen LogP contribution is -2.29. The topological polar surface area (TPSA) is 43.3 Å². The molecule has 1 unspecified atom stereocenters. The Morgan fingerprint density at radius 2 is 2.12 bits per heavy atom. The lowest BCUT2D eigenvalue weighted by atomic mass is 10.2. The van der Waals surface area contributed by atoms with E-state index in [1.54, 1.807) is 18.3 Å². The molecule has 0 bridgehead atoms. The number of rotatable bonds is 1. The molecule has 0 amide bonds. The van der Waals surface area contributed by atoms with Gasteiger partial charge in [0.15, 0.2) is 0 Å². The number of alkyl halides is 3. The summed E-state index contributed by atoms with van der Waals surface area (Å²) in [5.41, 5.74) is 6.48. The number of imidazole rings is 1. The van der Waals surface area contributed by atoms with Crippen LogP contribution in [-0.2, 0) is 0 Å². The minimum atomic E-state index is -4.46. The van der Waals surface area contributed by atoms with Gasteiger partial charge in [-0.15, -0.1) is 0 Å². The van der Waals surface area contributed by atoms with Crippen LogP contribution in [0.4, 0.5) is 13.2 Å². The van der Waals surface area contributed by atoms with Gasteiger partial charge >= 0.3 is 6.18 Å². The molecule has 2 aromatic rings. The Bertz CT molecular complexity index is 515. The highest BCUT2D eigenvalue weighted by atomic mass is 19.4. The third-order valence-electron chi connectivity index (χ3n) is 2.37. The van der Waals surface area contributed by atoms with Crippen molar-refractivity contribution < 1.29 is 13.2 Å². The predicted molar refractivity (Wildman–Crippen MR) is 52.9 cm³/mol. The van der Waals surface area contributed by atoms with Crippen LogP contribution in [0, 0.1) is 6.92 Å². The molecule has 1 atom stereocenters. The van der Waals surface area contributed by atoms with E-state index in [1.807, 2.05) is 6.92 Å². The van der Waals surface area contributed by atoms with Crippen LogP contribution in [0.3, 0.4) is 0 Å². The quantitative estimate of drug-likeness (QED) is 0.814. The number of fused-ring (bicyclic) bond motifs is 1. The first-order valence-corrected chi connectivity index (χ1v) is 4.65. The first-order chi connectivity index (χ1) is 7.39. The SMILES string of the molecule is Cc1ccn2c(C(N)C(F)(F)F)cnc2c1. The molecule has 0 aliphatic rings. The van der Waals surface area contributed by atoms with Gasteiger partial charge in [-0.2, -0.15) is 13.2 Å². The van der Waals surface area contributed by atoms with E-state index >= 15 is 0 Å². The van der Waals surface area contributed by atoms with E-state index in [-0.39, 0.29) is 5.69 Å². The van der Waals surface area contributed by atoms with Crippen LogP contribution in [0.2, 0.25) is 0 Å².